The van der Waals surface area contributed by atoms with Gasteiger partial charge in [0.1, 0.15) is 11.5 Å². The molecule has 1 saturated heterocycles. The summed E-state index contributed by atoms with van der Waals surface area (Å²) in [4.78, 5) is 16.9. The molecule has 0 unspecified atom stereocenters. The molecule has 0 N–H and O–H groups in total. The molecule has 32 heavy (non-hydrogen) atoms. The summed E-state index contributed by atoms with van der Waals surface area (Å²) in [6.45, 7) is 2.71. The number of hydrogen-bond donors (Lipinski definition) is 0. The molecule has 0 bridgehead atoms. The number of ether oxygens (including phenoxy) is 1. The largest absolute Gasteiger partial charge is 0.497 e. The lowest BCUT2D eigenvalue weighted by molar-refractivity contribution is 0.0713. The zero-order chi connectivity index (χ0) is 22.5. The second-order valence-corrected chi connectivity index (χ2v) is 9.43. The van der Waals surface area contributed by atoms with E-state index in [1.807, 2.05) is 42.5 Å². The van der Waals surface area contributed by atoms with Crippen LogP contribution in [0.25, 0.3) is 0 Å². The van der Waals surface area contributed by atoms with E-state index in [0.717, 1.165) is 30.1 Å². The predicted molar refractivity (Wildman–Crippen MR) is 127 cm³/mol. The number of rotatable bonds is 7. The van der Waals surface area contributed by atoms with Crippen LogP contribution in [-0.4, -0.2) is 48.3 Å². The van der Waals surface area contributed by atoms with Crippen molar-refractivity contribution >= 4 is 34.0 Å². The first kappa shape index (κ1) is 22.4. The molecule has 2 heterocycles. The second-order valence-electron chi connectivity index (χ2n) is 7.56. The SMILES string of the molecule is COc1ccc(N2CCN(C(=O)c3ccc(C[S@](=O)Cc4ccccc4Cl)o3)CC2)cc1. The van der Waals surface area contributed by atoms with Gasteiger partial charge in [-0.25, -0.2) is 0 Å². The first-order valence-corrected chi connectivity index (χ1v) is 12.3. The molecule has 0 spiro atoms. The summed E-state index contributed by atoms with van der Waals surface area (Å²) in [5.74, 6) is 2.09. The number of methoxy groups -OCH3 is 1. The van der Waals surface area contributed by atoms with E-state index in [1.54, 1.807) is 30.2 Å². The van der Waals surface area contributed by atoms with E-state index in [2.05, 4.69) is 4.90 Å². The maximum atomic E-state index is 12.9. The Hall–Kier alpha value is -2.77. The minimum atomic E-state index is -1.18. The summed E-state index contributed by atoms with van der Waals surface area (Å²) in [6.07, 6.45) is 0. The third-order valence-corrected chi connectivity index (χ3v) is 7.06. The maximum absolute atomic E-state index is 12.9. The van der Waals surface area contributed by atoms with Crippen LogP contribution in [0.4, 0.5) is 5.69 Å². The van der Waals surface area contributed by atoms with Crippen LogP contribution in [-0.2, 0) is 22.3 Å². The molecule has 1 aromatic heterocycles. The standard InChI is InChI=1S/C24H25ClN2O4S/c1-30-20-8-6-19(7-9-20)26-12-14-27(15-13-26)24(28)23-11-10-21(31-23)17-32(29)16-18-4-2-3-5-22(18)25/h2-11H,12-17H2,1H3/t32-/m1/s1. The molecule has 1 atom stereocenters. The number of piperazine rings is 1. The second kappa shape index (κ2) is 10.2. The van der Waals surface area contributed by atoms with E-state index < -0.39 is 10.8 Å². The number of amides is 1. The van der Waals surface area contributed by atoms with Gasteiger partial charge in [-0.15, -0.1) is 0 Å². The zero-order valence-corrected chi connectivity index (χ0v) is 19.4. The molecule has 1 amide bonds. The predicted octanol–water partition coefficient (Wildman–Crippen LogP) is 4.35. The summed E-state index contributed by atoms with van der Waals surface area (Å²) >= 11 is 6.15. The molecule has 8 heteroatoms. The smallest absolute Gasteiger partial charge is 0.289 e. The van der Waals surface area contributed by atoms with Crippen LogP contribution < -0.4 is 9.64 Å². The van der Waals surface area contributed by atoms with E-state index in [1.165, 1.54) is 0 Å². The topological polar surface area (TPSA) is 63.0 Å². The highest BCUT2D eigenvalue weighted by Gasteiger charge is 2.24. The fourth-order valence-electron chi connectivity index (χ4n) is 3.69. The van der Waals surface area contributed by atoms with Crippen LogP contribution >= 0.6 is 11.6 Å². The van der Waals surface area contributed by atoms with Crippen molar-refractivity contribution in [1.82, 2.24) is 4.90 Å². The first-order valence-electron chi connectivity index (χ1n) is 10.4. The summed E-state index contributed by atoms with van der Waals surface area (Å²) in [7, 11) is 0.465. The Morgan fingerprint density at radius 3 is 2.41 bits per heavy atom. The molecule has 1 fully saturated rings. The average molecular weight is 473 g/mol. The zero-order valence-electron chi connectivity index (χ0n) is 17.8. The normalized spacial score (nSPS) is 14.9. The highest BCUT2D eigenvalue weighted by atomic mass is 35.5. The van der Waals surface area contributed by atoms with Crippen molar-refractivity contribution in [2.75, 3.05) is 38.2 Å². The maximum Gasteiger partial charge on any atom is 0.289 e. The number of halogens is 1. The summed E-state index contributed by atoms with van der Waals surface area (Å²) in [5.41, 5.74) is 1.95. The number of furan rings is 1. The van der Waals surface area contributed by atoms with Crippen LogP contribution in [0.1, 0.15) is 21.9 Å². The van der Waals surface area contributed by atoms with Gasteiger partial charge in [0, 0.05) is 47.7 Å². The molecule has 1 aliphatic rings. The van der Waals surface area contributed by atoms with Crippen molar-refractivity contribution in [2.45, 2.75) is 11.5 Å². The number of benzene rings is 2. The van der Waals surface area contributed by atoms with Gasteiger partial charge in [-0.05, 0) is 48.0 Å². The summed E-state index contributed by atoms with van der Waals surface area (Å²) < 4.78 is 23.4. The molecular weight excluding hydrogens is 448 g/mol. The Morgan fingerprint density at radius 1 is 1.00 bits per heavy atom. The number of nitrogens with zero attached hydrogens (tertiary/aromatic N) is 2. The molecule has 0 radical (unpaired) electrons. The average Bonchev–Trinajstić information content (AvgIpc) is 3.28. The molecule has 4 rings (SSSR count). The first-order chi connectivity index (χ1) is 15.5. The lowest BCUT2D eigenvalue weighted by Gasteiger charge is -2.35. The Bertz CT molecular complexity index is 1090. The van der Waals surface area contributed by atoms with Gasteiger partial charge in [-0.2, -0.15) is 0 Å². The monoisotopic (exact) mass is 472 g/mol. The van der Waals surface area contributed by atoms with Crippen molar-refractivity contribution in [1.29, 1.82) is 0 Å². The van der Waals surface area contributed by atoms with Crippen molar-refractivity contribution in [3.63, 3.8) is 0 Å². The van der Waals surface area contributed by atoms with E-state index in [9.17, 15) is 9.00 Å². The van der Waals surface area contributed by atoms with Gasteiger partial charge in [0.05, 0.1) is 18.6 Å². The Kier molecular flexibility index (Phi) is 7.17. The van der Waals surface area contributed by atoms with Crippen LogP contribution in [0, 0.1) is 0 Å². The molecular formula is C24H25ClN2O4S. The Morgan fingerprint density at radius 2 is 1.72 bits per heavy atom. The fourth-order valence-corrected chi connectivity index (χ4v) is 5.14. The molecule has 168 valence electrons. The summed E-state index contributed by atoms with van der Waals surface area (Å²) in [6, 6.07) is 18.7. The van der Waals surface area contributed by atoms with Crippen molar-refractivity contribution < 1.29 is 18.2 Å². The van der Waals surface area contributed by atoms with Crippen LogP contribution in [0.3, 0.4) is 0 Å². The lowest BCUT2D eigenvalue weighted by atomic mass is 10.2. The molecule has 3 aromatic rings. The van der Waals surface area contributed by atoms with Crippen LogP contribution in [0.5, 0.6) is 5.75 Å². The van der Waals surface area contributed by atoms with Gasteiger partial charge < -0.3 is 19.0 Å². The number of hydrogen-bond acceptors (Lipinski definition) is 5. The van der Waals surface area contributed by atoms with E-state index in [4.69, 9.17) is 20.8 Å². The Balaban J connectivity index is 1.31. The Labute approximate surface area is 195 Å². The van der Waals surface area contributed by atoms with Gasteiger partial charge in [0.15, 0.2) is 5.76 Å². The van der Waals surface area contributed by atoms with E-state index in [0.29, 0.717) is 29.6 Å². The van der Waals surface area contributed by atoms with E-state index >= 15 is 0 Å². The summed E-state index contributed by atoms with van der Waals surface area (Å²) in [5, 5.41) is 0.602. The van der Waals surface area contributed by atoms with Crippen LogP contribution in [0.2, 0.25) is 5.02 Å². The molecule has 0 aliphatic carbocycles. The number of carbonyl (C=O) groups is 1. The quantitative estimate of drug-likeness (QED) is 0.511. The van der Waals surface area contributed by atoms with Crippen molar-refractivity contribution in [3.05, 3.63) is 82.8 Å². The lowest BCUT2D eigenvalue weighted by Crippen LogP contribution is -2.48. The van der Waals surface area contributed by atoms with Gasteiger partial charge in [-0.1, -0.05) is 29.8 Å². The molecule has 0 saturated carbocycles. The van der Waals surface area contributed by atoms with Gasteiger partial charge in [0.2, 0.25) is 0 Å². The van der Waals surface area contributed by atoms with Gasteiger partial charge in [0.25, 0.3) is 5.91 Å². The highest BCUT2D eigenvalue weighted by Crippen LogP contribution is 2.22. The van der Waals surface area contributed by atoms with Crippen LogP contribution in [0.15, 0.2) is 65.1 Å². The number of anilines is 1. The van der Waals surface area contributed by atoms with Crippen molar-refractivity contribution in [2.24, 2.45) is 0 Å². The third-order valence-electron chi connectivity index (χ3n) is 5.45. The molecule has 2 aromatic carbocycles. The van der Waals surface area contributed by atoms with Gasteiger partial charge in [-0.3, -0.25) is 9.00 Å². The molecule has 6 nitrogen and oxygen atoms in total. The fraction of sp³-hybridized carbons (Fsp3) is 0.292. The van der Waals surface area contributed by atoms with E-state index in [-0.39, 0.29) is 17.4 Å². The number of carbonyl (C=O) groups excluding carboxylic acids is 1. The minimum Gasteiger partial charge on any atom is -0.497 e. The highest BCUT2D eigenvalue weighted by molar-refractivity contribution is 7.83. The van der Waals surface area contributed by atoms with Crippen molar-refractivity contribution in [3.8, 4) is 5.75 Å². The molecule has 1 aliphatic heterocycles. The minimum absolute atomic E-state index is 0.137. The van der Waals surface area contributed by atoms with Gasteiger partial charge >= 0.3 is 0 Å². The third kappa shape index (κ3) is 5.34.